The Morgan fingerprint density at radius 2 is 1.54 bits per heavy atom. The van der Waals surface area contributed by atoms with Crippen LogP contribution in [0.3, 0.4) is 0 Å². The Morgan fingerprint density at radius 1 is 0.846 bits per heavy atom. The SMILES string of the molecule is Cc1ccc(S(=O)(=O)N(Cc2ccccc2)Cc2ccc(/C=N/NC(=O)C(=O)Nc3ccccc3C)o2)cc1. The number of anilines is 1. The summed E-state index contributed by atoms with van der Waals surface area (Å²) in [5, 5.41) is 6.30. The number of amides is 2. The molecule has 1 aromatic heterocycles. The maximum Gasteiger partial charge on any atom is 0.329 e. The third-order valence-electron chi connectivity index (χ3n) is 5.83. The molecular formula is C29H28N4O5S. The van der Waals surface area contributed by atoms with Crippen molar-refractivity contribution in [2.45, 2.75) is 31.8 Å². The average Bonchev–Trinajstić information content (AvgIpc) is 3.37. The number of benzene rings is 3. The van der Waals surface area contributed by atoms with E-state index in [9.17, 15) is 18.0 Å². The Labute approximate surface area is 227 Å². The Kier molecular flexibility index (Phi) is 8.70. The minimum absolute atomic E-state index is 0.0237. The fraction of sp³-hybridized carbons (Fsp3) is 0.138. The number of carbonyl (C=O) groups is 2. The van der Waals surface area contributed by atoms with Crippen LogP contribution in [0.15, 0.2) is 105 Å². The summed E-state index contributed by atoms with van der Waals surface area (Å²) in [6.07, 6.45) is 1.23. The molecule has 39 heavy (non-hydrogen) atoms. The predicted molar refractivity (Wildman–Crippen MR) is 148 cm³/mol. The van der Waals surface area contributed by atoms with E-state index in [0.29, 0.717) is 11.4 Å². The number of hydrogen-bond donors (Lipinski definition) is 2. The minimum atomic E-state index is -3.83. The van der Waals surface area contributed by atoms with Crippen LogP contribution in [0.2, 0.25) is 0 Å². The molecule has 4 rings (SSSR count). The summed E-state index contributed by atoms with van der Waals surface area (Å²) in [4.78, 5) is 24.4. The minimum Gasteiger partial charge on any atom is -0.459 e. The van der Waals surface area contributed by atoms with Gasteiger partial charge in [-0.05, 0) is 55.3 Å². The lowest BCUT2D eigenvalue weighted by Gasteiger charge is -2.21. The predicted octanol–water partition coefficient (Wildman–Crippen LogP) is 4.38. The van der Waals surface area contributed by atoms with Crippen molar-refractivity contribution in [1.82, 2.24) is 9.73 Å². The van der Waals surface area contributed by atoms with Crippen molar-refractivity contribution >= 4 is 33.7 Å². The van der Waals surface area contributed by atoms with Gasteiger partial charge in [-0.25, -0.2) is 13.8 Å². The third-order valence-corrected chi connectivity index (χ3v) is 7.64. The van der Waals surface area contributed by atoms with Crippen LogP contribution in [0.4, 0.5) is 5.69 Å². The molecule has 0 spiro atoms. The number of sulfonamides is 1. The van der Waals surface area contributed by atoms with E-state index in [4.69, 9.17) is 4.42 Å². The maximum absolute atomic E-state index is 13.5. The molecule has 0 atom stereocenters. The lowest BCUT2D eigenvalue weighted by molar-refractivity contribution is -0.136. The highest BCUT2D eigenvalue weighted by molar-refractivity contribution is 7.89. The summed E-state index contributed by atoms with van der Waals surface area (Å²) >= 11 is 0. The monoisotopic (exact) mass is 544 g/mol. The molecule has 0 saturated carbocycles. The van der Waals surface area contributed by atoms with Crippen LogP contribution in [0, 0.1) is 13.8 Å². The van der Waals surface area contributed by atoms with E-state index in [1.165, 1.54) is 10.5 Å². The molecule has 0 bridgehead atoms. The van der Waals surface area contributed by atoms with Gasteiger partial charge in [-0.1, -0.05) is 66.2 Å². The van der Waals surface area contributed by atoms with Crippen LogP contribution in [0.25, 0.3) is 0 Å². The number of hydrazone groups is 1. The second-order valence-corrected chi connectivity index (χ2v) is 10.8. The highest BCUT2D eigenvalue weighted by Gasteiger charge is 2.26. The van der Waals surface area contributed by atoms with Crippen LogP contribution in [-0.2, 0) is 32.7 Å². The molecule has 0 aliphatic heterocycles. The number of rotatable bonds is 9. The van der Waals surface area contributed by atoms with E-state index < -0.39 is 21.8 Å². The quantitative estimate of drug-likeness (QED) is 0.184. The number of furan rings is 1. The van der Waals surface area contributed by atoms with Gasteiger partial charge < -0.3 is 9.73 Å². The topological polar surface area (TPSA) is 121 Å². The van der Waals surface area contributed by atoms with Crippen molar-refractivity contribution in [2.75, 3.05) is 5.32 Å². The van der Waals surface area contributed by atoms with Gasteiger partial charge in [-0.15, -0.1) is 0 Å². The molecule has 9 nitrogen and oxygen atoms in total. The zero-order valence-corrected chi connectivity index (χ0v) is 22.3. The molecule has 0 aliphatic carbocycles. The first kappa shape index (κ1) is 27.5. The zero-order chi connectivity index (χ0) is 27.8. The summed E-state index contributed by atoms with van der Waals surface area (Å²) in [6.45, 7) is 3.83. The first-order chi connectivity index (χ1) is 18.7. The van der Waals surface area contributed by atoms with Crippen LogP contribution in [-0.4, -0.2) is 30.8 Å². The number of aryl methyl sites for hydroxylation is 2. The molecule has 4 aromatic rings. The normalized spacial score (nSPS) is 11.6. The zero-order valence-electron chi connectivity index (χ0n) is 21.5. The van der Waals surface area contributed by atoms with E-state index in [2.05, 4.69) is 15.8 Å². The van der Waals surface area contributed by atoms with E-state index in [1.807, 2.05) is 56.3 Å². The lowest BCUT2D eigenvalue weighted by Crippen LogP contribution is -2.32. The molecule has 0 unspecified atom stereocenters. The van der Waals surface area contributed by atoms with Gasteiger partial charge in [0.25, 0.3) is 0 Å². The summed E-state index contributed by atoms with van der Waals surface area (Å²) < 4.78 is 34.1. The first-order valence-corrected chi connectivity index (χ1v) is 13.6. The van der Waals surface area contributed by atoms with Crippen molar-refractivity contribution in [3.05, 3.63) is 119 Å². The van der Waals surface area contributed by atoms with Crippen molar-refractivity contribution in [3.8, 4) is 0 Å². The average molecular weight is 545 g/mol. The van der Waals surface area contributed by atoms with Crippen LogP contribution in [0.5, 0.6) is 0 Å². The third kappa shape index (κ3) is 7.28. The molecule has 200 valence electrons. The number of hydrogen-bond acceptors (Lipinski definition) is 6. The second kappa shape index (κ2) is 12.3. The fourth-order valence-corrected chi connectivity index (χ4v) is 5.09. The summed E-state index contributed by atoms with van der Waals surface area (Å²) in [6, 6.07) is 26.3. The molecule has 2 amide bonds. The molecule has 0 fully saturated rings. The second-order valence-electron chi connectivity index (χ2n) is 8.84. The summed E-state index contributed by atoms with van der Waals surface area (Å²) in [7, 11) is -3.83. The van der Waals surface area contributed by atoms with E-state index in [-0.39, 0.29) is 23.7 Å². The number of para-hydroxylation sites is 1. The van der Waals surface area contributed by atoms with Gasteiger partial charge in [-0.2, -0.15) is 9.41 Å². The van der Waals surface area contributed by atoms with Gasteiger partial charge in [0.1, 0.15) is 11.5 Å². The highest BCUT2D eigenvalue weighted by Crippen LogP contribution is 2.22. The molecule has 3 aromatic carbocycles. The molecular weight excluding hydrogens is 516 g/mol. The van der Waals surface area contributed by atoms with Gasteiger partial charge in [-0.3, -0.25) is 9.59 Å². The molecule has 0 aliphatic rings. The van der Waals surface area contributed by atoms with Gasteiger partial charge in [0.2, 0.25) is 10.0 Å². The van der Waals surface area contributed by atoms with Crippen LogP contribution in [0.1, 0.15) is 28.2 Å². The molecule has 10 heteroatoms. The molecule has 2 N–H and O–H groups in total. The Balaban J connectivity index is 1.43. The van der Waals surface area contributed by atoms with E-state index in [1.54, 1.807) is 48.5 Å². The fourth-order valence-electron chi connectivity index (χ4n) is 3.69. The molecule has 0 saturated heterocycles. The first-order valence-electron chi connectivity index (χ1n) is 12.1. The van der Waals surface area contributed by atoms with Gasteiger partial charge in [0.15, 0.2) is 0 Å². The Morgan fingerprint density at radius 3 is 2.26 bits per heavy atom. The van der Waals surface area contributed by atoms with Crippen molar-refractivity contribution in [2.24, 2.45) is 5.10 Å². The van der Waals surface area contributed by atoms with Crippen molar-refractivity contribution < 1.29 is 22.4 Å². The van der Waals surface area contributed by atoms with Crippen molar-refractivity contribution in [3.63, 3.8) is 0 Å². The number of nitrogens with zero attached hydrogens (tertiary/aromatic N) is 2. The molecule has 1 heterocycles. The van der Waals surface area contributed by atoms with Crippen LogP contribution >= 0.6 is 0 Å². The highest BCUT2D eigenvalue weighted by atomic mass is 32.2. The number of carbonyl (C=O) groups excluding carboxylic acids is 2. The van der Waals surface area contributed by atoms with E-state index in [0.717, 1.165) is 16.7 Å². The van der Waals surface area contributed by atoms with Crippen LogP contribution < -0.4 is 10.7 Å². The molecule has 0 radical (unpaired) electrons. The smallest absolute Gasteiger partial charge is 0.329 e. The largest absolute Gasteiger partial charge is 0.459 e. The van der Waals surface area contributed by atoms with E-state index >= 15 is 0 Å². The van der Waals surface area contributed by atoms with Gasteiger partial charge >= 0.3 is 11.8 Å². The van der Waals surface area contributed by atoms with Crippen molar-refractivity contribution in [1.29, 1.82) is 0 Å². The number of nitrogens with one attached hydrogen (secondary N) is 2. The summed E-state index contributed by atoms with van der Waals surface area (Å²) in [5.74, 6) is -1.15. The lowest BCUT2D eigenvalue weighted by atomic mass is 10.2. The Bertz CT molecular complexity index is 1580. The van der Waals surface area contributed by atoms with Gasteiger partial charge in [0.05, 0.1) is 17.7 Å². The Hall–Kier alpha value is -4.54. The standard InChI is InChI=1S/C29H28N4O5S/c1-21-12-16-26(17-13-21)39(36,37)33(19-23-9-4-3-5-10-23)20-25-15-14-24(38-25)18-30-32-29(35)28(34)31-27-11-7-6-8-22(27)2/h3-18H,19-20H2,1-2H3,(H,31,34)(H,32,35)/b30-18+. The maximum atomic E-state index is 13.5. The van der Waals surface area contributed by atoms with Gasteiger partial charge in [0, 0.05) is 12.2 Å². The summed E-state index contributed by atoms with van der Waals surface area (Å²) in [5.41, 5.74) is 5.28.